The average molecular weight is 423 g/mol. The number of nitrogens with two attached hydrogens (primary N) is 1. The molecular weight excluding hydrogens is 392 g/mol. The van der Waals surface area contributed by atoms with Crippen molar-refractivity contribution in [2.75, 3.05) is 7.11 Å². The first-order chi connectivity index (χ1) is 14.4. The number of carbonyl (C=O) groups excluding carboxylic acids is 1. The highest BCUT2D eigenvalue weighted by molar-refractivity contribution is 7.99. The molecule has 0 fully saturated rings. The van der Waals surface area contributed by atoms with Crippen LogP contribution >= 0.6 is 11.8 Å². The standard InChI is InChI=1S/C25H30N2O2S/c1-5-18(2)7-6-8-24(19(3)26)25(28)27-17-20-9-13-22(14-10-20)30-23-15-11-21(29-4)12-16-23/h6-16H,5,17,26H2,1-4H3,(H,27,28)/b8-6-,18-7?,24-19-. The van der Waals surface area contributed by atoms with Gasteiger partial charge in [-0.15, -0.1) is 0 Å². The molecule has 2 aromatic rings. The van der Waals surface area contributed by atoms with Gasteiger partial charge in [-0.1, -0.05) is 48.5 Å². The minimum Gasteiger partial charge on any atom is -0.497 e. The Morgan fingerprint density at radius 1 is 1.07 bits per heavy atom. The number of carbonyl (C=O) groups is 1. The van der Waals surface area contributed by atoms with Crippen LogP contribution in [0, 0.1) is 0 Å². The fourth-order valence-electron chi connectivity index (χ4n) is 2.55. The van der Waals surface area contributed by atoms with Crippen LogP contribution in [0.5, 0.6) is 5.75 Å². The molecule has 0 spiro atoms. The Kier molecular flexibility index (Phi) is 9.29. The third-order valence-corrected chi connectivity index (χ3v) is 5.56. The average Bonchev–Trinajstić information content (AvgIpc) is 2.76. The van der Waals surface area contributed by atoms with E-state index in [0.29, 0.717) is 17.8 Å². The largest absolute Gasteiger partial charge is 0.497 e. The van der Waals surface area contributed by atoms with E-state index in [9.17, 15) is 4.79 Å². The Bertz CT molecular complexity index is 923. The highest BCUT2D eigenvalue weighted by atomic mass is 32.2. The molecule has 5 heteroatoms. The first-order valence-electron chi connectivity index (χ1n) is 9.92. The zero-order valence-electron chi connectivity index (χ0n) is 18.1. The Balaban J connectivity index is 1.94. The molecule has 0 bridgehead atoms. The Labute approximate surface area is 183 Å². The maximum Gasteiger partial charge on any atom is 0.253 e. The van der Waals surface area contributed by atoms with E-state index in [1.165, 1.54) is 5.57 Å². The monoisotopic (exact) mass is 422 g/mol. The quantitative estimate of drug-likeness (QED) is 0.407. The Morgan fingerprint density at radius 3 is 2.20 bits per heavy atom. The highest BCUT2D eigenvalue weighted by Crippen LogP contribution is 2.29. The summed E-state index contributed by atoms with van der Waals surface area (Å²) in [5.41, 5.74) is 9.16. The molecule has 0 aliphatic carbocycles. The van der Waals surface area contributed by atoms with E-state index in [-0.39, 0.29) is 5.91 Å². The first kappa shape index (κ1) is 23.4. The number of benzene rings is 2. The van der Waals surface area contributed by atoms with Gasteiger partial charge in [0.05, 0.1) is 12.7 Å². The normalized spacial score (nSPS) is 12.6. The third kappa shape index (κ3) is 7.48. The SMILES string of the molecule is CCC(C)=C/C=C\C(C(=O)NCc1ccc(Sc2ccc(OC)cc2)cc1)=C(/C)N. The molecule has 0 aliphatic heterocycles. The van der Waals surface area contributed by atoms with Gasteiger partial charge in [-0.3, -0.25) is 4.79 Å². The zero-order chi connectivity index (χ0) is 21.9. The van der Waals surface area contributed by atoms with Crippen molar-refractivity contribution in [1.29, 1.82) is 0 Å². The van der Waals surface area contributed by atoms with Crippen molar-refractivity contribution in [3.63, 3.8) is 0 Å². The van der Waals surface area contributed by atoms with E-state index in [0.717, 1.165) is 27.5 Å². The molecule has 0 saturated heterocycles. The number of nitrogens with one attached hydrogen (secondary N) is 1. The maximum atomic E-state index is 12.5. The lowest BCUT2D eigenvalue weighted by atomic mass is 10.1. The lowest BCUT2D eigenvalue weighted by Crippen LogP contribution is -2.25. The molecule has 0 saturated carbocycles. The molecule has 0 aromatic heterocycles. The molecule has 0 heterocycles. The van der Waals surface area contributed by atoms with Gasteiger partial charge >= 0.3 is 0 Å². The molecule has 3 N–H and O–H groups in total. The van der Waals surface area contributed by atoms with Crippen molar-refractivity contribution in [2.24, 2.45) is 5.73 Å². The minimum absolute atomic E-state index is 0.175. The molecule has 30 heavy (non-hydrogen) atoms. The molecule has 0 radical (unpaired) electrons. The topological polar surface area (TPSA) is 64.3 Å². The number of allylic oxidation sites excluding steroid dienone is 4. The van der Waals surface area contributed by atoms with Crippen LogP contribution in [0.15, 0.2) is 93.4 Å². The van der Waals surface area contributed by atoms with Crippen LogP contribution in [0.1, 0.15) is 32.8 Å². The second kappa shape index (κ2) is 11.9. The van der Waals surface area contributed by atoms with Crippen LogP contribution in [0.4, 0.5) is 0 Å². The van der Waals surface area contributed by atoms with Gasteiger partial charge in [0.25, 0.3) is 5.91 Å². The van der Waals surface area contributed by atoms with Gasteiger partial charge in [0.15, 0.2) is 0 Å². The molecule has 0 unspecified atom stereocenters. The van der Waals surface area contributed by atoms with Gasteiger partial charge in [-0.05, 0) is 68.3 Å². The van der Waals surface area contributed by atoms with Gasteiger partial charge < -0.3 is 15.8 Å². The van der Waals surface area contributed by atoms with Gasteiger partial charge in [-0.25, -0.2) is 0 Å². The zero-order valence-corrected chi connectivity index (χ0v) is 18.9. The van der Waals surface area contributed by atoms with E-state index in [1.54, 1.807) is 31.9 Å². The Morgan fingerprint density at radius 2 is 1.67 bits per heavy atom. The first-order valence-corrected chi connectivity index (χ1v) is 10.7. The summed E-state index contributed by atoms with van der Waals surface area (Å²) in [5.74, 6) is 0.670. The molecule has 0 aliphatic rings. The van der Waals surface area contributed by atoms with E-state index >= 15 is 0 Å². The molecule has 2 aromatic carbocycles. The lowest BCUT2D eigenvalue weighted by Gasteiger charge is -2.09. The summed E-state index contributed by atoms with van der Waals surface area (Å²) in [6, 6.07) is 16.1. The third-order valence-electron chi connectivity index (χ3n) is 4.54. The summed E-state index contributed by atoms with van der Waals surface area (Å²) in [7, 11) is 1.66. The minimum atomic E-state index is -0.175. The number of methoxy groups -OCH3 is 1. The van der Waals surface area contributed by atoms with Crippen LogP contribution in [0.3, 0.4) is 0 Å². The van der Waals surface area contributed by atoms with Crippen molar-refractivity contribution < 1.29 is 9.53 Å². The second-order valence-corrected chi connectivity index (χ2v) is 8.07. The molecule has 4 nitrogen and oxygen atoms in total. The second-order valence-electron chi connectivity index (χ2n) is 6.93. The number of hydrogen-bond donors (Lipinski definition) is 2. The lowest BCUT2D eigenvalue weighted by molar-refractivity contribution is -0.117. The number of ether oxygens (including phenoxy) is 1. The summed E-state index contributed by atoms with van der Waals surface area (Å²) in [6.07, 6.45) is 6.60. The van der Waals surface area contributed by atoms with Crippen molar-refractivity contribution in [3.05, 3.63) is 89.2 Å². The number of amides is 1. The summed E-state index contributed by atoms with van der Waals surface area (Å²) >= 11 is 1.68. The fraction of sp³-hybridized carbons (Fsp3) is 0.240. The summed E-state index contributed by atoms with van der Waals surface area (Å²) in [6.45, 7) is 6.33. The van der Waals surface area contributed by atoms with Gasteiger partial charge in [-0.2, -0.15) is 0 Å². The molecule has 2 rings (SSSR count). The molecule has 158 valence electrons. The van der Waals surface area contributed by atoms with Crippen LogP contribution in [-0.2, 0) is 11.3 Å². The van der Waals surface area contributed by atoms with Crippen LogP contribution in [0.2, 0.25) is 0 Å². The van der Waals surface area contributed by atoms with E-state index in [4.69, 9.17) is 10.5 Å². The van der Waals surface area contributed by atoms with Crippen molar-refractivity contribution in [2.45, 2.75) is 43.5 Å². The van der Waals surface area contributed by atoms with E-state index in [2.05, 4.69) is 31.3 Å². The summed E-state index contributed by atoms with van der Waals surface area (Å²) in [4.78, 5) is 14.8. The Hall–Kier alpha value is -2.92. The van der Waals surface area contributed by atoms with Crippen molar-refractivity contribution >= 4 is 17.7 Å². The smallest absolute Gasteiger partial charge is 0.253 e. The molecule has 1 amide bonds. The fourth-order valence-corrected chi connectivity index (χ4v) is 3.36. The van der Waals surface area contributed by atoms with E-state index < -0.39 is 0 Å². The number of hydrogen-bond acceptors (Lipinski definition) is 4. The van der Waals surface area contributed by atoms with Crippen LogP contribution < -0.4 is 15.8 Å². The van der Waals surface area contributed by atoms with Crippen LogP contribution in [-0.4, -0.2) is 13.0 Å². The summed E-state index contributed by atoms with van der Waals surface area (Å²) in [5, 5.41) is 2.94. The van der Waals surface area contributed by atoms with E-state index in [1.807, 2.05) is 48.6 Å². The van der Waals surface area contributed by atoms with Crippen molar-refractivity contribution in [1.82, 2.24) is 5.32 Å². The predicted molar refractivity (Wildman–Crippen MR) is 125 cm³/mol. The molecule has 0 atom stereocenters. The number of rotatable bonds is 9. The van der Waals surface area contributed by atoms with Gasteiger partial charge in [0.1, 0.15) is 5.75 Å². The van der Waals surface area contributed by atoms with Gasteiger partial charge in [0.2, 0.25) is 0 Å². The summed E-state index contributed by atoms with van der Waals surface area (Å²) < 4.78 is 5.19. The predicted octanol–water partition coefficient (Wildman–Crippen LogP) is 5.61. The van der Waals surface area contributed by atoms with Gasteiger partial charge in [0, 0.05) is 22.0 Å². The maximum absolute atomic E-state index is 12.5. The molecular formula is C25H30N2O2S. The van der Waals surface area contributed by atoms with Crippen LogP contribution in [0.25, 0.3) is 0 Å². The van der Waals surface area contributed by atoms with Crippen molar-refractivity contribution in [3.8, 4) is 5.75 Å². The highest BCUT2D eigenvalue weighted by Gasteiger charge is 2.08.